The maximum Gasteiger partial charge on any atom is 0.259 e. The Kier molecular flexibility index (Phi) is 3.15. The molecule has 18 heavy (non-hydrogen) atoms. The second-order valence-electron chi connectivity index (χ2n) is 5.68. The summed E-state index contributed by atoms with van der Waals surface area (Å²) in [4.78, 5) is 14.0. The molecule has 0 radical (unpaired) electrons. The summed E-state index contributed by atoms with van der Waals surface area (Å²) < 4.78 is 0. The normalized spacial score (nSPS) is 16.6. The van der Waals surface area contributed by atoms with E-state index in [9.17, 15) is 4.79 Å². The Morgan fingerprint density at radius 3 is 2.67 bits per heavy atom. The van der Waals surface area contributed by atoms with E-state index in [1.165, 1.54) is 11.8 Å². The summed E-state index contributed by atoms with van der Waals surface area (Å²) in [6.45, 7) is 7.99. The maximum absolute atomic E-state index is 12.2. The van der Waals surface area contributed by atoms with Gasteiger partial charge in [-0.15, -0.1) is 0 Å². The molecule has 0 unspecified atom stereocenters. The summed E-state index contributed by atoms with van der Waals surface area (Å²) in [5.41, 5.74) is 7.72. The quantitative estimate of drug-likeness (QED) is 0.744. The molecular weight excluding hydrogens is 228 g/mol. The van der Waals surface area contributed by atoms with E-state index in [-0.39, 0.29) is 11.3 Å². The summed E-state index contributed by atoms with van der Waals surface area (Å²) >= 11 is 0. The topological polar surface area (TPSA) is 75.0 Å². The summed E-state index contributed by atoms with van der Waals surface area (Å²) in [5.74, 6) is 0.288. The molecule has 0 aromatic carbocycles. The highest BCUT2D eigenvalue weighted by molar-refractivity contribution is 5.98. The SMILES string of the molecule is CC(C)(C)C1=CCN(C(=O)c2cn[nH]c2N)CC1. The molecule has 2 rings (SSSR count). The first-order chi connectivity index (χ1) is 8.39. The molecule has 1 aliphatic heterocycles. The lowest BCUT2D eigenvalue weighted by molar-refractivity contribution is 0.0766. The van der Waals surface area contributed by atoms with Gasteiger partial charge in [0, 0.05) is 13.1 Å². The van der Waals surface area contributed by atoms with E-state index in [2.05, 4.69) is 37.0 Å². The van der Waals surface area contributed by atoms with Crippen LogP contribution in [0.4, 0.5) is 5.82 Å². The van der Waals surface area contributed by atoms with Gasteiger partial charge in [0.2, 0.25) is 0 Å². The number of anilines is 1. The number of aromatic amines is 1. The number of nitrogen functional groups attached to an aromatic ring is 1. The van der Waals surface area contributed by atoms with Crippen LogP contribution in [0.2, 0.25) is 0 Å². The summed E-state index contributed by atoms with van der Waals surface area (Å²) in [7, 11) is 0. The highest BCUT2D eigenvalue weighted by Gasteiger charge is 2.25. The van der Waals surface area contributed by atoms with Crippen LogP contribution >= 0.6 is 0 Å². The summed E-state index contributed by atoms with van der Waals surface area (Å²) in [6.07, 6.45) is 4.56. The average molecular weight is 248 g/mol. The number of rotatable bonds is 1. The molecule has 1 aromatic heterocycles. The van der Waals surface area contributed by atoms with Crippen molar-refractivity contribution < 1.29 is 4.79 Å². The smallest absolute Gasteiger partial charge is 0.259 e. The molecule has 0 bridgehead atoms. The van der Waals surface area contributed by atoms with E-state index in [1.807, 2.05) is 0 Å². The minimum Gasteiger partial charge on any atom is -0.383 e. The second kappa shape index (κ2) is 4.48. The van der Waals surface area contributed by atoms with Crippen LogP contribution in [-0.4, -0.2) is 34.1 Å². The van der Waals surface area contributed by atoms with Crippen molar-refractivity contribution in [3.63, 3.8) is 0 Å². The number of nitrogens with zero attached hydrogens (tertiary/aromatic N) is 2. The van der Waals surface area contributed by atoms with Gasteiger partial charge in [-0.25, -0.2) is 0 Å². The Labute approximate surface area is 107 Å². The van der Waals surface area contributed by atoms with Crippen LogP contribution in [0.3, 0.4) is 0 Å². The third-order valence-corrected chi connectivity index (χ3v) is 3.36. The van der Waals surface area contributed by atoms with Crippen LogP contribution in [0, 0.1) is 5.41 Å². The van der Waals surface area contributed by atoms with E-state index < -0.39 is 0 Å². The molecule has 1 aromatic rings. The van der Waals surface area contributed by atoms with E-state index in [1.54, 1.807) is 4.90 Å². The Balaban J connectivity index is 2.09. The molecule has 1 amide bonds. The zero-order chi connectivity index (χ0) is 13.3. The van der Waals surface area contributed by atoms with Crippen LogP contribution in [0.5, 0.6) is 0 Å². The minimum atomic E-state index is -0.0505. The molecule has 5 heteroatoms. The number of nitrogens with one attached hydrogen (secondary N) is 1. The highest BCUT2D eigenvalue weighted by Crippen LogP contribution is 2.30. The molecule has 2 heterocycles. The van der Waals surface area contributed by atoms with Crippen molar-refractivity contribution in [1.29, 1.82) is 0 Å². The number of amides is 1. The number of hydrogen-bond acceptors (Lipinski definition) is 3. The van der Waals surface area contributed by atoms with Gasteiger partial charge in [-0.1, -0.05) is 32.4 Å². The lowest BCUT2D eigenvalue weighted by Crippen LogP contribution is -2.36. The molecule has 98 valence electrons. The zero-order valence-electron chi connectivity index (χ0n) is 11.2. The van der Waals surface area contributed by atoms with Crippen LogP contribution in [0.15, 0.2) is 17.8 Å². The number of hydrogen-bond donors (Lipinski definition) is 2. The standard InChI is InChI=1S/C13H20N4O/c1-13(2,3)9-4-6-17(7-5-9)12(18)10-8-15-16-11(10)14/h4,8H,5-7H2,1-3H3,(H3,14,15,16). The lowest BCUT2D eigenvalue weighted by atomic mass is 9.83. The zero-order valence-corrected chi connectivity index (χ0v) is 11.2. The van der Waals surface area contributed by atoms with Crippen molar-refractivity contribution in [3.05, 3.63) is 23.4 Å². The van der Waals surface area contributed by atoms with Gasteiger partial charge in [0.05, 0.1) is 6.20 Å². The Hall–Kier alpha value is -1.78. The number of nitrogens with two attached hydrogens (primary N) is 1. The fourth-order valence-electron chi connectivity index (χ4n) is 2.17. The van der Waals surface area contributed by atoms with E-state index in [0.29, 0.717) is 17.9 Å². The van der Waals surface area contributed by atoms with Crippen molar-refractivity contribution in [2.75, 3.05) is 18.8 Å². The summed E-state index contributed by atoms with van der Waals surface area (Å²) in [6, 6.07) is 0. The van der Waals surface area contributed by atoms with Crippen LogP contribution in [-0.2, 0) is 0 Å². The van der Waals surface area contributed by atoms with Gasteiger partial charge in [-0.2, -0.15) is 5.10 Å². The molecule has 0 atom stereocenters. The van der Waals surface area contributed by atoms with Crippen molar-refractivity contribution in [3.8, 4) is 0 Å². The maximum atomic E-state index is 12.2. The molecule has 0 saturated heterocycles. The first-order valence-corrected chi connectivity index (χ1v) is 6.17. The van der Waals surface area contributed by atoms with Crippen molar-refractivity contribution in [1.82, 2.24) is 15.1 Å². The number of aromatic nitrogens is 2. The second-order valence-corrected chi connectivity index (χ2v) is 5.68. The van der Waals surface area contributed by atoms with Gasteiger partial charge in [-0.05, 0) is 11.8 Å². The van der Waals surface area contributed by atoms with Crippen LogP contribution in [0.1, 0.15) is 37.6 Å². The largest absolute Gasteiger partial charge is 0.383 e. The predicted molar refractivity (Wildman–Crippen MR) is 71.1 cm³/mol. The van der Waals surface area contributed by atoms with Gasteiger partial charge in [0.1, 0.15) is 11.4 Å². The molecular formula is C13H20N4O. The van der Waals surface area contributed by atoms with Gasteiger partial charge >= 0.3 is 0 Å². The molecule has 0 saturated carbocycles. The summed E-state index contributed by atoms with van der Waals surface area (Å²) in [5, 5.41) is 6.37. The molecule has 3 N–H and O–H groups in total. The minimum absolute atomic E-state index is 0.0505. The van der Waals surface area contributed by atoms with Crippen molar-refractivity contribution >= 4 is 11.7 Å². The van der Waals surface area contributed by atoms with Crippen LogP contribution in [0.25, 0.3) is 0 Å². The molecule has 1 aliphatic rings. The Bertz CT molecular complexity index is 481. The number of carbonyl (C=O) groups excluding carboxylic acids is 1. The fraction of sp³-hybridized carbons (Fsp3) is 0.538. The van der Waals surface area contributed by atoms with E-state index >= 15 is 0 Å². The first-order valence-electron chi connectivity index (χ1n) is 6.17. The van der Waals surface area contributed by atoms with Gasteiger partial charge < -0.3 is 10.6 Å². The molecule has 5 nitrogen and oxygen atoms in total. The molecule has 0 spiro atoms. The van der Waals surface area contributed by atoms with Gasteiger partial charge in [-0.3, -0.25) is 9.89 Å². The van der Waals surface area contributed by atoms with Crippen molar-refractivity contribution in [2.45, 2.75) is 27.2 Å². The third-order valence-electron chi connectivity index (χ3n) is 3.36. The van der Waals surface area contributed by atoms with E-state index in [4.69, 9.17) is 5.73 Å². The van der Waals surface area contributed by atoms with E-state index in [0.717, 1.165) is 13.0 Å². The van der Waals surface area contributed by atoms with Crippen molar-refractivity contribution in [2.24, 2.45) is 5.41 Å². The monoisotopic (exact) mass is 248 g/mol. The number of carbonyl (C=O) groups is 1. The van der Waals surface area contributed by atoms with Crippen LogP contribution < -0.4 is 5.73 Å². The Morgan fingerprint density at radius 2 is 2.22 bits per heavy atom. The van der Waals surface area contributed by atoms with Gasteiger partial charge in [0.15, 0.2) is 0 Å². The molecule has 0 aliphatic carbocycles. The van der Waals surface area contributed by atoms with Gasteiger partial charge in [0.25, 0.3) is 5.91 Å². The average Bonchev–Trinajstić information content (AvgIpc) is 2.73. The first kappa shape index (κ1) is 12.7. The fourth-order valence-corrected chi connectivity index (χ4v) is 2.17. The Morgan fingerprint density at radius 1 is 1.50 bits per heavy atom. The highest BCUT2D eigenvalue weighted by atomic mass is 16.2. The lowest BCUT2D eigenvalue weighted by Gasteiger charge is -2.32. The third kappa shape index (κ3) is 2.39. The molecule has 0 fully saturated rings. The predicted octanol–water partition coefficient (Wildman–Crippen LogP) is 1.81. The number of H-pyrrole nitrogens is 1.